The van der Waals surface area contributed by atoms with Gasteiger partial charge in [-0.05, 0) is 74.7 Å². The number of hydrogen-bond donors (Lipinski definition) is 0. The van der Waals surface area contributed by atoms with E-state index >= 15 is 0 Å². The summed E-state index contributed by atoms with van der Waals surface area (Å²) in [7, 11) is 0. The summed E-state index contributed by atoms with van der Waals surface area (Å²) in [5.41, 5.74) is 3.15. The lowest BCUT2D eigenvalue weighted by Crippen LogP contribution is -2.33. The zero-order valence-corrected chi connectivity index (χ0v) is 13.6. The van der Waals surface area contributed by atoms with Gasteiger partial charge in [0.25, 0.3) is 0 Å². The molecular weight excluding hydrogens is 242 g/mol. The van der Waals surface area contributed by atoms with Crippen molar-refractivity contribution in [2.45, 2.75) is 58.8 Å². The minimum Gasteiger partial charge on any atom is -0.303 e. The van der Waals surface area contributed by atoms with Crippen molar-refractivity contribution in [2.75, 3.05) is 19.6 Å². The standard InChI is InChI=1S/C19H31N/c1-4-17(3)19-10-6-5-8-18(19)9-7-13-20-14-11-16(2)12-15-20/h5-6,8,10,16-17H,4,7,9,11-15H2,1-3H3. The highest BCUT2D eigenvalue weighted by Crippen LogP contribution is 2.24. The average Bonchev–Trinajstić information content (AvgIpc) is 2.49. The lowest BCUT2D eigenvalue weighted by molar-refractivity contribution is 0.191. The predicted octanol–water partition coefficient (Wildman–Crippen LogP) is 4.86. The Hall–Kier alpha value is -0.820. The van der Waals surface area contributed by atoms with Crippen LogP contribution in [0.2, 0.25) is 0 Å². The van der Waals surface area contributed by atoms with E-state index in [0.29, 0.717) is 5.92 Å². The van der Waals surface area contributed by atoms with Crippen LogP contribution in [-0.4, -0.2) is 24.5 Å². The second-order valence-electron chi connectivity index (χ2n) is 6.64. The molecule has 1 saturated heterocycles. The van der Waals surface area contributed by atoms with Gasteiger partial charge in [-0.2, -0.15) is 0 Å². The summed E-state index contributed by atoms with van der Waals surface area (Å²) in [5, 5.41) is 0. The Kier molecular flexibility index (Phi) is 6.09. The van der Waals surface area contributed by atoms with Crippen LogP contribution in [0.25, 0.3) is 0 Å². The molecule has 1 heterocycles. The summed E-state index contributed by atoms with van der Waals surface area (Å²) in [4.78, 5) is 2.66. The number of rotatable bonds is 6. The van der Waals surface area contributed by atoms with Gasteiger partial charge in [0.15, 0.2) is 0 Å². The molecule has 1 aromatic carbocycles. The quantitative estimate of drug-likeness (QED) is 0.715. The summed E-state index contributed by atoms with van der Waals surface area (Å²) in [5.74, 6) is 1.64. The molecule has 1 heteroatoms. The van der Waals surface area contributed by atoms with Gasteiger partial charge in [0, 0.05) is 0 Å². The molecule has 0 spiro atoms. The van der Waals surface area contributed by atoms with E-state index in [1.807, 2.05) is 0 Å². The summed E-state index contributed by atoms with van der Waals surface area (Å²) in [6, 6.07) is 9.05. The van der Waals surface area contributed by atoms with E-state index in [1.54, 1.807) is 11.1 Å². The smallest absolute Gasteiger partial charge is 0.00156 e. The van der Waals surface area contributed by atoms with E-state index < -0.39 is 0 Å². The van der Waals surface area contributed by atoms with Crippen LogP contribution in [0.5, 0.6) is 0 Å². The van der Waals surface area contributed by atoms with Crippen LogP contribution < -0.4 is 0 Å². The molecule has 1 nitrogen and oxygen atoms in total. The highest BCUT2D eigenvalue weighted by molar-refractivity contribution is 5.30. The van der Waals surface area contributed by atoms with Crippen molar-refractivity contribution in [3.8, 4) is 0 Å². The first-order valence-electron chi connectivity index (χ1n) is 8.50. The second-order valence-corrected chi connectivity index (χ2v) is 6.64. The number of aryl methyl sites for hydroxylation is 1. The molecule has 0 amide bonds. The molecular formula is C19H31N. The fraction of sp³-hybridized carbons (Fsp3) is 0.684. The highest BCUT2D eigenvalue weighted by Gasteiger charge is 2.15. The Morgan fingerprint density at radius 1 is 1.20 bits per heavy atom. The molecule has 1 aliphatic heterocycles. The van der Waals surface area contributed by atoms with Crippen molar-refractivity contribution >= 4 is 0 Å². The van der Waals surface area contributed by atoms with Crippen molar-refractivity contribution in [1.29, 1.82) is 0 Å². The van der Waals surface area contributed by atoms with E-state index in [9.17, 15) is 0 Å². The van der Waals surface area contributed by atoms with Gasteiger partial charge in [0.1, 0.15) is 0 Å². The number of likely N-dealkylation sites (tertiary alicyclic amines) is 1. The molecule has 112 valence electrons. The van der Waals surface area contributed by atoms with E-state index in [4.69, 9.17) is 0 Å². The first-order valence-corrected chi connectivity index (χ1v) is 8.50. The van der Waals surface area contributed by atoms with Crippen LogP contribution in [-0.2, 0) is 6.42 Å². The summed E-state index contributed by atoms with van der Waals surface area (Å²) in [6.07, 6.45) is 6.57. The van der Waals surface area contributed by atoms with Crippen molar-refractivity contribution in [1.82, 2.24) is 4.90 Å². The predicted molar refractivity (Wildman–Crippen MR) is 88.3 cm³/mol. The molecule has 1 fully saturated rings. The van der Waals surface area contributed by atoms with Gasteiger partial charge in [0.2, 0.25) is 0 Å². The molecule has 0 bridgehead atoms. The van der Waals surface area contributed by atoms with Crippen molar-refractivity contribution in [3.05, 3.63) is 35.4 Å². The molecule has 1 atom stereocenters. The maximum absolute atomic E-state index is 2.66. The van der Waals surface area contributed by atoms with Crippen molar-refractivity contribution in [3.63, 3.8) is 0 Å². The van der Waals surface area contributed by atoms with Gasteiger partial charge < -0.3 is 4.90 Å². The van der Waals surface area contributed by atoms with E-state index in [1.165, 1.54) is 51.7 Å². The molecule has 0 aromatic heterocycles. The fourth-order valence-corrected chi connectivity index (χ4v) is 3.24. The molecule has 1 aromatic rings. The third-order valence-electron chi connectivity index (χ3n) is 5.00. The van der Waals surface area contributed by atoms with Crippen LogP contribution in [0, 0.1) is 5.92 Å². The Labute approximate surface area is 125 Å². The maximum Gasteiger partial charge on any atom is -0.00156 e. The minimum atomic E-state index is 0.696. The van der Waals surface area contributed by atoms with Crippen molar-refractivity contribution in [2.24, 2.45) is 5.92 Å². The lowest BCUT2D eigenvalue weighted by Gasteiger charge is -2.30. The van der Waals surface area contributed by atoms with Crippen LogP contribution in [0.15, 0.2) is 24.3 Å². The highest BCUT2D eigenvalue weighted by atomic mass is 15.1. The molecule has 20 heavy (non-hydrogen) atoms. The number of nitrogens with zero attached hydrogens (tertiary/aromatic N) is 1. The van der Waals surface area contributed by atoms with E-state index in [2.05, 4.69) is 49.9 Å². The van der Waals surface area contributed by atoms with Crippen molar-refractivity contribution < 1.29 is 0 Å². The van der Waals surface area contributed by atoms with Gasteiger partial charge in [0.05, 0.1) is 0 Å². The number of benzene rings is 1. The summed E-state index contributed by atoms with van der Waals surface area (Å²) < 4.78 is 0. The molecule has 0 aliphatic carbocycles. The van der Waals surface area contributed by atoms with Crippen LogP contribution >= 0.6 is 0 Å². The SMILES string of the molecule is CCC(C)c1ccccc1CCCN1CCC(C)CC1. The maximum atomic E-state index is 2.66. The Morgan fingerprint density at radius 3 is 2.60 bits per heavy atom. The second kappa shape index (κ2) is 7.83. The Balaban J connectivity index is 1.82. The van der Waals surface area contributed by atoms with Crippen LogP contribution in [0.3, 0.4) is 0 Å². The fourth-order valence-electron chi connectivity index (χ4n) is 3.24. The topological polar surface area (TPSA) is 3.24 Å². The largest absolute Gasteiger partial charge is 0.303 e. The third kappa shape index (κ3) is 4.34. The third-order valence-corrected chi connectivity index (χ3v) is 5.00. The normalized spacial score (nSPS) is 19.1. The van der Waals surface area contributed by atoms with Crippen LogP contribution in [0.1, 0.15) is 63.5 Å². The summed E-state index contributed by atoms with van der Waals surface area (Å²) >= 11 is 0. The molecule has 1 aliphatic rings. The zero-order chi connectivity index (χ0) is 14.4. The van der Waals surface area contributed by atoms with Crippen LogP contribution in [0.4, 0.5) is 0 Å². The minimum absolute atomic E-state index is 0.696. The first kappa shape index (κ1) is 15.6. The van der Waals surface area contributed by atoms with Gasteiger partial charge in [-0.25, -0.2) is 0 Å². The van der Waals surface area contributed by atoms with E-state index in [-0.39, 0.29) is 0 Å². The summed E-state index contributed by atoms with van der Waals surface area (Å²) in [6.45, 7) is 10.9. The number of piperidine rings is 1. The average molecular weight is 273 g/mol. The lowest BCUT2D eigenvalue weighted by atomic mass is 9.91. The molecule has 1 unspecified atom stereocenters. The van der Waals surface area contributed by atoms with E-state index in [0.717, 1.165) is 5.92 Å². The van der Waals surface area contributed by atoms with Gasteiger partial charge in [-0.1, -0.05) is 45.0 Å². The molecule has 0 saturated carbocycles. The monoisotopic (exact) mass is 273 g/mol. The van der Waals surface area contributed by atoms with Gasteiger partial charge >= 0.3 is 0 Å². The van der Waals surface area contributed by atoms with Gasteiger partial charge in [-0.15, -0.1) is 0 Å². The molecule has 0 radical (unpaired) electrons. The Bertz CT molecular complexity index is 391. The van der Waals surface area contributed by atoms with Gasteiger partial charge in [-0.3, -0.25) is 0 Å². The molecule has 0 N–H and O–H groups in total. The number of hydrogen-bond acceptors (Lipinski definition) is 1. The molecule has 2 rings (SSSR count). The zero-order valence-electron chi connectivity index (χ0n) is 13.6. The first-order chi connectivity index (χ1) is 9.70. The Morgan fingerprint density at radius 2 is 1.90 bits per heavy atom.